The molecule has 2 heterocycles. The molecule has 16 heavy (non-hydrogen) atoms. The van der Waals surface area contributed by atoms with E-state index in [1.807, 2.05) is 12.1 Å². The molecule has 1 N–H and O–H groups in total. The molecule has 0 radical (unpaired) electrons. The van der Waals surface area contributed by atoms with Crippen LogP contribution in [0.4, 0.5) is 0 Å². The van der Waals surface area contributed by atoms with Gasteiger partial charge in [0.2, 0.25) is 0 Å². The van der Waals surface area contributed by atoms with Crippen molar-refractivity contribution in [1.82, 2.24) is 5.32 Å². The number of piperidine rings is 1. The molecule has 1 aromatic heterocycles. The minimum absolute atomic E-state index is 0.793. The Hall–Kier alpha value is -1.28. The third kappa shape index (κ3) is 1.98. The Kier molecular flexibility index (Phi) is 2.66. The van der Waals surface area contributed by atoms with Gasteiger partial charge >= 0.3 is 0 Å². The minimum atomic E-state index is 0.793. The van der Waals surface area contributed by atoms with Crippen molar-refractivity contribution in [1.29, 1.82) is 0 Å². The van der Waals surface area contributed by atoms with E-state index >= 15 is 0 Å². The second-order valence-corrected chi connectivity index (χ2v) is 4.65. The van der Waals surface area contributed by atoms with Crippen LogP contribution in [-0.4, -0.2) is 13.1 Å². The average molecular weight is 215 g/mol. The van der Waals surface area contributed by atoms with Crippen LogP contribution >= 0.6 is 0 Å². The fourth-order valence-corrected chi connectivity index (χ4v) is 2.51. The second kappa shape index (κ2) is 4.30. The van der Waals surface area contributed by atoms with Gasteiger partial charge in [-0.3, -0.25) is 0 Å². The molecule has 0 amide bonds. The zero-order chi connectivity index (χ0) is 10.8. The first kappa shape index (κ1) is 9.91. The van der Waals surface area contributed by atoms with E-state index in [1.54, 1.807) is 0 Å². The van der Waals surface area contributed by atoms with Gasteiger partial charge in [-0.15, -0.1) is 0 Å². The maximum Gasteiger partial charge on any atom is 0.134 e. The van der Waals surface area contributed by atoms with Crippen LogP contribution in [-0.2, 0) is 6.42 Å². The summed E-state index contributed by atoms with van der Waals surface area (Å²) >= 11 is 0. The summed E-state index contributed by atoms with van der Waals surface area (Å²) in [6.07, 6.45) is 3.64. The van der Waals surface area contributed by atoms with Crippen LogP contribution in [0.2, 0.25) is 0 Å². The summed E-state index contributed by atoms with van der Waals surface area (Å²) in [4.78, 5) is 0. The molecule has 84 valence electrons. The van der Waals surface area contributed by atoms with E-state index in [2.05, 4.69) is 23.5 Å². The van der Waals surface area contributed by atoms with Crippen LogP contribution in [0, 0.1) is 5.92 Å². The van der Waals surface area contributed by atoms with E-state index in [0.717, 1.165) is 36.8 Å². The molecule has 1 aromatic carbocycles. The number of hydrogen-bond donors (Lipinski definition) is 1. The first-order chi connectivity index (χ1) is 7.92. The lowest BCUT2D eigenvalue weighted by Crippen LogP contribution is -2.28. The van der Waals surface area contributed by atoms with Crippen molar-refractivity contribution in [3.8, 4) is 0 Å². The van der Waals surface area contributed by atoms with E-state index in [0.29, 0.717) is 0 Å². The first-order valence-corrected chi connectivity index (χ1v) is 6.10. The van der Waals surface area contributed by atoms with Crippen molar-refractivity contribution in [2.75, 3.05) is 13.1 Å². The van der Waals surface area contributed by atoms with Gasteiger partial charge in [0.15, 0.2) is 0 Å². The van der Waals surface area contributed by atoms with Gasteiger partial charge in [-0.1, -0.05) is 18.2 Å². The molecule has 1 saturated heterocycles. The highest BCUT2D eigenvalue weighted by Crippen LogP contribution is 2.24. The van der Waals surface area contributed by atoms with E-state index in [1.165, 1.54) is 18.2 Å². The summed E-state index contributed by atoms with van der Waals surface area (Å²) in [5.74, 6) is 1.94. The number of rotatable bonds is 2. The van der Waals surface area contributed by atoms with Crippen molar-refractivity contribution < 1.29 is 4.42 Å². The van der Waals surface area contributed by atoms with Crippen molar-refractivity contribution in [2.24, 2.45) is 5.92 Å². The zero-order valence-corrected chi connectivity index (χ0v) is 9.41. The Bertz CT molecular complexity index is 435. The Morgan fingerprint density at radius 3 is 2.81 bits per heavy atom. The maximum absolute atomic E-state index is 5.85. The Labute approximate surface area is 95.6 Å². The molecular formula is C14H17NO. The van der Waals surface area contributed by atoms with Crippen LogP contribution in [0.1, 0.15) is 18.6 Å². The molecule has 0 bridgehead atoms. The molecule has 0 saturated carbocycles. The summed E-state index contributed by atoms with van der Waals surface area (Å²) in [5, 5.41) is 4.62. The molecule has 0 unspecified atom stereocenters. The molecule has 1 aliphatic heterocycles. The van der Waals surface area contributed by atoms with Gasteiger partial charge in [0.1, 0.15) is 11.3 Å². The predicted molar refractivity (Wildman–Crippen MR) is 65.5 cm³/mol. The lowest BCUT2D eigenvalue weighted by atomic mass is 9.93. The minimum Gasteiger partial charge on any atom is -0.461 e. The van der Waals surface area contributed by atoms with Crippen LogP contribution in [0.25, 0.3) is 11.0 Å². The Balaban J connectivity index is 1.78. The smallest absolute Gasteiger partial charge is 0.134 e. The molecule has 2 aromatic rings. The van der Waals surface area contributed by atoms with E-state index in [-0.39, 0.29) is 0 Å². The van der Waals surface area contributed by atoms with Gasteiger partial charge < -0.3 is 9.73 Å². The number of benzene rings is 1. The van der Waals surface area contributed by atoms with E-state index < -0.39 is 0 Å². The molecule has 0 atom stereocenters. The highest BCUT2D eigenvalue weighted by Gasteiger charge is 2.15. The number of hydrogen-bond acceptors (Lipinski definition) is 2. The molecule has 0 aliphatic carbocycles. The second-order valence-electron chi connectivity index (χ2n) is 4.65. The van der Waals surface area contributed by atoms with Crippen molar-refractivity contribution in [3.05, 3.63) is 36.1 Å². The zero-order valence-electron chi connectivity index (χ0n) is 9.41. The number of furan rings is 1. The fourth-order valence-electron chi connectivity index (χ4n) is 2.51. The third-order valence-corrected chi connectivity index (χ3v) is 3.43. The van der Waals surface area contributed by atoms with Crippen molar-refractivity contribution in [3.63, 3.8) is 0 Å². The molecule has 1 fully saturated rings. The summed E-state index contributed by atoms with van der Waals surface area (Å²) in [6.45, 7) is 2.32. The van der Waals surface area contributed by atoms with Crippen molar-refractivity contribution >= 4 is 11.0 Å². The summed E-state index contributed by atoms with van der Waals surface area (Å²) in [7, 11) is 0. The maximum atomic E-state index is 5.85. The van der Waals surface area contributed by atoms with Crippen LogP contribution in [0.15, 0.2) is 34.7 Å². The van der Waals surface area contributed by atoms with Crippen molar-refractivity contribution in [2.45, 2.75) is 19.3 Å². The first-order valence-electron chi connectivity index (χ1n) is 6.10. The standard InChI is InChI=1S/C14H17NO/c1-2-4-14-12(3-1)10-13(16-14)9-11-5-7-15-8-6-11/h1-4,10-11,15H,5-9H2. The largest absolute Gasteiger partial charge is 0.461 e. The quantitative estimate of drug-likeness (QED) is 0.833. The van der Waals surface area contributed by atoms with Gasteiger partial charge in [0.25, 0.3) is 0 Å². The molecule has 2 heteroatoms. The normalized spacial score (nSPS) is 18.0. The average Bonchev–Trinajstić information content (AvgIpc) is 2.72. The molecule has 3 rings (SSSR count). The van der Waals surface area contributed by atoms with Gasteiger partial charge in [-0.2, -0.15) is 0 Å². The van der Waals surface area contributed by atoms with E-state index in [9.17, 15) is 0 Å². The lowest BCUT2D eigenvalue weighted by Gasteiger charge is -2.21. The molecular weight excluding hydrogens is 198 g/mol. The number of para-hydroxylation sites is 1. The Morgan fingerprint density at radius 2 is 2.00 bits per heavy atom. The summed E-state index contributed by atoms with van der Waals surface area (Å²) < 4.78 is 5.85. The molecule has 0 spiro atoms. The number of nitrogens with one attached hydrogen (secondary N) is 1. The third-order valence-electron chi connectivity index (χ3n) is 3.43. The van der Waals surface area contributed by atoms with Crippen LogP contribution in [0.5, 0.6) is 0 Å². The van der Waals surface area contributed by atoms with E-state index in [4.69, 9.17) is 4.42 Å². The van der Waals surface area contributed by atoms with Crippen LogP contribution in [0.3, 0.4) is 0 Å². The Morgan fingerprint density at radius 1 is 1.19 bits per heavy atom. The van der Waals surface area contributed by atoms with Gasteiger partial charge in [0, 0.05) is 11.8 Å². The molecule has 2 nitrogen and oxygen atoms in total. The lowest BCUT2D eigenvalue weighted by molar-refractivity contribution is 0.351. The summed E-state index contributed by atoms with van der Waals surface area (Å²) in [6, 6.07) is 10.4. The highest BCUT2D eigenvalue weighted by atomic mass is 16.3. The monoisotopic (exact) mass is 215 g/mol. The summed E-state index contributed by atoms with van der Waals surface area (Å²) in [5.41, 5.74) is 1.02. The van der Waals surface area contributed by atoms with Gasteiger partial charge in [-0.25, -0.2) is 0 Å². The van der Waals surface area contributed by atoms with Gasteiger partial charge in [-0.05, 0) is 44.0 Å². The fraction of sp³-hybridized carbons (Fsp3) is 0.429. The number of fused-ring (bicyclic) bond motifs is 1. The highest BCUT2D eigenvalue weighted by molar-refractivity contribution is 5.77. The SMILES string of the molecule is c1ccc2oc(CC3CCNCC3)cc2c1. The molecule has 1 aliphatic rings. The topological polar surface area (TPSA) is 25.2 Å². The van der Waals surface area contributed by atoms with Crippen LogP contribution < -0.4 is 5.32 Å². The van der Waals surface area contributed by atoms with Gasteiger partial charge in [0.05, 0.1) is 0 Å². The predicted octanol–water partition coefficient (Wildman–Crippen LogP) is 2.97.